The Hall–Kier alpha value is 2.09. The van der Waals surface area contributed by atoms with Crippen molar-refractivity contribution >= 4 is 102 Å². The van der Waals surface area contributed by atoms with Crippen molar-refractivity contribution in [2.75, 3.05) is 0 Å². The van der Waals surface area contributed by atoms with E-state index in [1.807, 2.05) is 0 Å². The predicted molar refractivity (Wildman–Crippen MR) is 84.5 cm³/mol. The number of carbonyl (C=O) groups is 1. The van der Waals surface area contributed by atoms with E-state index in [2.05, 4.69) is 95.6 Å². The van der Waals surface area contributed by atoms with Crippen LogP contribution in [-0.2, 0) is 4.79 Å². The number of alkyl halides is 4. The molecule has 0 amide bonds. The zero-order valence-electron chi connectivity index (χ0n) is 7.41. The minimum atomic E-state index is -0.821. The second-order valence-electron chi connectivity index (χ2n) is 3.81. The van der Waals surface area contributed by atoms with Gasteiger partial charge in [0.05, 0.1) is 14.6 Å². The summed E-state index contributed by atoms with van der Waals surface area (Å²) in [4.78, 5) is 11.3. The Morgan fingerprint density at radius 2 is 1.69 bits per heavy atom. The highest BCUT2D eigenvalue weighted by Crippen LogP contribution is 2.77. The predicted octanol–water partition coefficient (Wildman–Crippen LogP) is 4.86. The Morgan fingerprint density at radius 1 is 1.19 bits per heavy atom. The first-order chi connectivity index (χ1) is 7.10. The van der Waals surface area contributed by atoms with Crippen LogP contribution < -0.4 is 0 Å². The summed E-state index contributed by atoms with van der Waals surface area (Å²) in [6.07, 6.45) is 0.486. The first-order valence-corrected chi connectivity index (χ1v) is 8.91. The van der Waals surface area contributed by atoms with E-state index in [4.69, 9.17) is 0 Å². The molecule has 0 spiro atoms. The van der Waals surface area contributed by atoms with Gasteiger partial charge in [0.2, 0.25) is 0 Å². The summed E-state index contributed by atoms with van der Waals surface area (Å²) in [6, 6.07) is 0. The monoisotopic (exact) mass is 606 g/mol. The molecule has 1 N–H and O–H groups in total. The smallest absolute Gasteiger partial charge is 0.308 e. The number of halogens is 6. The minimum Gasteiger partial charge on any atom is -0.481 e. The first-order valence-electron chi connectivity index (χ1n) is 4.15. The van der Waals surface area contributed by atoms with Gasteiger partial charge < -0.3 is 5.11 Å². The molecule has 3 atom stereocenters. The third-order valence-electron chi connectivity index (χ3n) is 3.08. The third kappa shape index (κ3) is 1.40. The summed E-state index contributed by atoms with van der Waals surface area (Å²) in [7, 11) is 0. The summed E-state index contributed by atoms with van der Waals surface area (Å²) >= 11 is 21.4. The molecular weight excluding hydrogens is 608 g/mol. The fourth-order valence-electron chi connectivity index (χ4n) is 2.17. The standard InChI is InChI=1S/C8H4Br6O2/c9-3-4(10)7(12)2(5(15)16)1-6(3,11)8(7,13)14/h2H,1H2,(H,15,16)/t2-,6+,7-/m1/s1. The zero-order chi connectivity index (χ0) is 12.5. The van der Waals surface area contributed by atoms with Gasteiger partial charge in [-0.15, -0.1) is 0 Å². The van der Waals surface area contributed by atoms with Gasteiger partial charge in [0.15, 0.2) is 0 Å². The van der Waals surface area contributed by atoms with E-state index < -0.39 is 23.8 Å². The van der Waals surface area contributed by atoms with Crippen LogP contribution in [0.1, 0.15) is 6.42 Å². The fourth-order valence-corrected chi connectivity index (χ4v) is 9.11. The van der Waals surface area contributed by atoms with E-state index >= 15 is 0 Å². The summed E-state index contributed by atoms with van der Waals surface area (Å²) in [5.41, 5.74) is 0. The molecule has 0 heterocycles. The Labute approximate surface area is 143 Å². The van der Waals surface area contributed by atoms with E-state index in [1.165, 1.54) is 0 Å². The van der Waals surface area contributed by atoms with E-state index in [0.717, 1.165) is 8.96 Å². The summed E-state index contributed by atoms with van der Waals surface area (Å²) in [5, 5.41) is 9.30. The van der Waals surface area contributed by atoms with E-state index in [1.54, 1.807) is 0 Å². The highest BCUT2D eigenvalue weighted by Gasteiger charge is 2.77. The number of carboxylic acids is 1. The Balaban J connectivity index is 2.69. The molecule has 2 rings (SSSR count). The van der Waals surface area contributed by atoms with Gasteiger partial charge in [-0.05, 0) is 6.42 Å². The second kappa shape index (κ2) is 4.04. The average molecular weight is 612 g/mol. The van der Waals surface area contributed by atoms with Crippen LogP contribution in [-0.4, -0.2) is 23.0 Å². The Morgan fingerprint density at radius 3 is 2.00 bits per heavy atom. The highest BCUT2D eigenvalue weighted by atomic mass is 79.9. The molecule has 0 aromatic heterocycles. The lowest BCUT2D eigenvalue weighted by molar-refractivity contribution is -0.141. The molecule has 2 aliphatic rings. The van der Waals surface area contributed by atoms with Crippen molar-refractivity contribution in [2.24, 2.45) is 5.92 Å². The van der Waals surface area contributed by atoms with Crippen LogP contribution in [0.15, 0.2) is 8.96 Å². The lowest BCUT2D eigenvalue weighted by Gasteiger charge is -2.34. The van der Waals surface area contributed by atoms with Crippen LogP contribution in [0.2, 0.25) is 0 Å². The van der Waals surface area contributed by atoms with Gasteiger partial charge >= 0.3 is 5.97 Å². The van der Waals surface area contributed by atoms with Crippen LogP contribution in [0.4, 0.5) is 0 Å². The third-order valence-corrected chi connectivity index (χ3v) is 14.4. The fraction of sp³-hybridized carbons (Fsp3) is 0.625. The normalized spacial score (nSPS) is 45.2. The van der Waals surface area contributed by atoms with Crippen LogP contribution in [0.25, 0.3) is 0 Å². The van der Waals surface area contributed by atoms with E-state index in [0.29, 0.717) is 6.42 Å². The molecule has 2 nitrogen and oxygen atoms in total. The second-order valence-corrected chi connectivity index (χ2v) is 11.4. The lowest BCUT2D eigenvalue weighted by atomic mass is 9.93. The van der Waals surface area contributed by atoms with E-state index in [9.17, 15) is 9.90 Å². The number of rotatable bonds is 1. The molecule has 2 bridgehead atoms. The van der Waals surface area contributed by atoms with Crippen LogP contribution >= 0.6 is 95.6 Å². The number of allylic oxidation sites excluding steroid dienone is 2. The molecule has 1 fully saturated rings. The number of aliphatic carboxylic acids is 1. The molecule has 1 saturated carbocycles. The highest BCUT2D eigenvalue weighted by molar-refractivity contribution is 9.27. The largest absolute Gasteiger partial charge is 0.481 e. The summed E-state index contributed by atoms with van der Waals surface area (Å²) in [6.45, 7) is 0. The molecule has 0 aromatic rings. The van der Waals surface area contributed by atoms with E-state index in [-0.39, 0.29) is 0 Å². The Bertz CT molecular complexity index is 419. The molecular formula is C8H4Br6O2. The van der Waals surface area contributed by atoms with Crippen molar-refractivity contribution in [3.8, 4) is 0 Å². The number of hydrogen-bond donors (Lipinski definition) is 1. The lowest BCUT2D eigenvalue weighted by Crippen LogP contribution is -2.44. The SMILES string of the molecule is O=C(O)[C@H]1C[C@]2(Br)C(Br)=C(Br)[C@@]1(Br)C2(Br)Br. The van der Waals surface area contributed by atoms with Gasteiger partial charge in [-0.1, -0.05) is 95.6 Å². The van der Waals surface area contributed by atoms with Gasteiger partial charge in [0, 0.05) is 8.96 Å². The van der Waals surface area contributed by atoms with Gasteiger partial charge in [0.1, 0.15) is 3.23 Å². The van der Waals surface area contributed by atoms with Crippen molar-refractivity contribution in [3.63, 3.8) is 0 Å². The van der Waals surface area contributed by atoms with Crippen molar-refractivity contribution in [1.82, 2.24) is 0 Å². The van der Waals surface area contributed by atoms with Gasteiger partial charge in [-0.25, -0.2) is 0 Å². The van der Waals surface area contributed by atoms with Gasteiger partial charge in [-0.3, -0.25) is 4.79 Å². The van der Waals surface area contributed by atoms with Crippen LogP contribution in [0.3, 0.4) is 0 Å². The maximum atomic E-state index is 11.3. The quantitative estimate of drug-likeness (QED) is 0.431. The molecule has 0 aliphatic heterocycles. The zero-order valence-corrected chi connectivity index (χ0v) is 16.9. The van der Waals surface area contributed by atoms with Crippen molar-refractivity contribution < 1.29 is 9.90 Å². The molecule has 8 heteroatoms. The molecule has 0 unspecified atom stereocenters. The molecule has 16 heavy (non-hydrogen) atoms. The van der Waals surface area contributed by atoms with Crippen molar-refractivity contribution in [2.45, 2.75) is 18.3 Å². The molecule has 0 aromatic carbocycles. The van der Waals surface area contributed by atoms with Crippen molar-refractivity contribution in [3.05, 3.63) is 8.96 Å². The summed E-state index contributed by atoms with van der Waals surface area (Å²) in [5.74, 6) is -1.35. The van der Waals surface area contributed by atoms with Crippen LogP contribution in [0, 0.1) is 5.92 Å². The topological polar surface area (TPSA) is 37.3 Å². The van der Waals surface area contributed by atoms with Gasteiger partial charge in [0.25, 0.3) is 0 Å². The number of hydrogen-bond acceptors (Lipinski definition) is 1. The van der Waals surface area contributed by atoms with Gasteiger partial charge in [-0.2, -0.15) is 0 Å². The maximum absolute atomic E-state index is 11.3. The maximum Gasteiger partial charge on any atom is 0.308 e. The summed E-state index contributed by atoms with van der Waals surface area (Å²) < 4.78 is -0.0623. The molecule has 90 valence electrons. The first kappa shape index (κ1) is 14.5. The molecule has 2 aliphatic carbocycles. The molecule has 0 saturated heterocycles. The minimum absolute atomic E-state index is 0.481. The average Bonchev–Trinajstić information content (AvgIpc) is 2.39. The number of fused-ring (bicyclic) bond motifs is 2. The number of carboxylic acid groups (broad SMARTS) is 1. The molecule has 0 radical (unpaired) electrons. The Kier molecular flexibility index (Phi) is 3.66. The van der Waals surface area contributed by atoms with Crippen molar-refractivity contribution in [1.29, 1.82) is 0 Å². The van der Waals surface area contributed by atoms with Crippen LogP contribution in [0.5, 0.6) is 0 Å².